The normalized spacial score (nSPS) is 10.9. The molecule has 5 rings (SSSR count). The number of esters is 1. The van der Waals surface area contributed by atoms with Crippen molar-refractivity contribution in [2.24, 2.45) is 5.10 Å². The largest absolute Gasteiger partial charge is 0.446 e. The van der Waals surface area contributed by atoms with E-state index in [0.29, 0.717) is 28.4 Å². The molecular weight excluding hydrogens is 504 g/mol. The van der Waals surface area contributed by atoms with E-state index in [9.17, 15) is 9.59 Å². The van der Waals surface area contributed by atoms with Gasteiger partial charge in [0.15, 0.2) is 0 Å². The van der Waals surface area contributed by atoms with Crippen LogP contribution in [-0.4, -0.2) is 24.4 Å². The Bertz CT molecular complexity index is 1610. The predicted octanol–water partition coefficient (Wildman–Crippen LogP) is 6.30. The standard InChI is InChI=1S/C33H26N2O5/c1-23-11-10-13-25(21-23)32(37)40-30-20-19-24-12-8-9-18-28(24)29(30)22-34-35-31(36)33(38-26-14-4-2-5-15-26)39-27-16-6-3-7-17-27/h2-22,33H,1H3,(H,35,36)/b34-22-. The van der Waals surface area contributed by atoms with Crippen molar-refractivity contribution in [1.82, 2.24) is 5.43 Å². The second kappa shape index (κ2) is 12.4. The van der Waals surface area contributed by atoms with Crippen molar-refractivity contribution in [3.05, 3.63) is 138 Å². The molecule has 1 N–H and O–H groups in total. The van der Waals surface area contributed by atoms with Crippen LogP contribution in [0.5, 0.6) is 17.2 Å². The zero-order valence-electron chi connectivity index (χ0n) is 21.7. The molecule has 0 aliphatic carbocycles. The quantitative estimate of drug-likeness (QED) is 0.0795. The van der Waals surface area contributed by atoms with Gasteiger partial charge in [0.05, 0.1) is 11.8 Å². The number of ether oxygens (including phenoxy) is 3. The molecule has 0 radical (unpaired) electrons. The molecule has 0 aliphatic heterocycles. The fourth-order valence-corrected chi connectivity index (χ4v) is 4.02. The zero-order chi connectivity index (χ0) is 27.7. The molecule has 0 aliphatic rings. The minimum atomic E-state index is -1.31. The minimum absolute atomic E-state index is 0.306. The molecule has 5 aromatic carbocycles. The maximum atomic E-state index is 13.1. The van der Waals surface area contributed by atoms with Crippen LogP contribution in [0.3, 0.4) is 0 Å². The van der Waals surface area contributed by atoms with Crippen LogP contribution in [0.25, 0.3) is 10.8 Å². The summed E-state index contributed by atoms with van der Waals surface area (Å²) in [5.74, 6) is 0.109. The number of nitrogens with zero attached hydrogens (tertiary/aromatic N) is 1. The number of carbonyl (C=O) groups is 2. The van der Waals surface area contributed by atoms with Crippen molar-refractivity contribution in [3.8, 4) is 17.2 Å². The molecule has 198 valence electrons. The number of benzene rings is 5. The van der Waals surface area contributed by atoms with Crippen molar-refractivity contribution < 1.29 is 23.8 Å². The Kier molecular flexibility index (Phi) is 8.12. The predicted molar refractivity (Wildman–Crippen MR) is 154 cm³/mol. The Morgan fingerprint density at radius 3 is 2.08 bits per heavy atom. The van der Waals surface area contributed by atoms with Gasteiger partial charge in [-0.2, -0.15) is 5.10 Å². The first-order chi connectivity index (χ1) is 19.6. The highest BCUT2D eigenvalue weighted by Crippen LogP contribution is 2.27. The summed E-state index contributed by atoms with van der Waals surface area (Å²) < 4.78 is 17.4. The summed E-state index contributed by atoms with van der Waals surface area (Å²) in [7, 11) is 0. The molecule has 0 fully saturated rings. The number of rotatable bonds is 9. The number of para-hydroxylation sites is 2. The SMILES string of the molecule is Cc1cccc(C(=O)Oc2ccc3ccccc3c2/C=N\NC(=O)C(Oc2ccccc2)Oc2ccccc2)c1. The van der Waals surface area contributed by atoms with Crippen LogP contribution in [0.4, 0.5) is 0 Å². The van der Waals surface area contributed by atoms with Gasteiger partial charge in [-0.15, -0.1) is 0 Å². The Hall–Kier alpha value is -5.43. The minimum Gasteiger partial charge on any atom is -0.446 e. The molecule has 7 nitrogen and oxygen atoms in total. The molecular formula is C33H26N2O5. The van der Waals surface area contributed by atoms with Gasteiger partial charge in [-0.3, -0.25) is 4.79 Å². The molecule has 0 atom stereocenters. The number of fused-ring (bicyclic) bond motifs is 1. The van der Waals surface area contributed by atoms with Crippen molar-refractivity contribution in [1.29, 1.82) is 0 Å². The van der Waals surface area contributed by atoms with E-state index in [1.54, 1.807) is 72.8 Å². The molecule has 0 spiro atoms. The summed E-state index contributed by atoms with van der Waals surface area (Å²) in [6.45, 7) is 1.91. The highest BCUT2D eigenvalue weighted by Gasteiger charge is 2.23. The van der Waals surface area contributed by atoms with Crippen LogP contribution in [-0.2, 0) is 4.79 Å². The smallest absolute Gasteiger partial charge is 0.343 e. The van der Waals surface area contributed by atoms with E-state index in [0.717, 1.165) is 16.3 Å². The van der Waals surface area contributed by atoms with Gasteiger partial charge in [0, 0.05) is 5.56 Å². The first-order valence-corrected chi connectivity index (χ1v) is 12.6. The van der Waals surface area contributed by atoms with Crippen LogP contribution in [0.1, 0.15) is 21.5 Å². The summed E-state index contributed by atoms with van der Waals surface area (Å²) in [5, 5.41) is 5.89. The third-order valence-electron chi connectivity index (χ3n) is 5.94. The van der Waals surface area contributed by atoms with Gasteiger partial charge in [-0.1, -0.05) is 84.4 Å². The van der Waals surface area contributed by atoms with Crippen LogP contribution in [0.15, 0.2) is 126 Å². The molecule has 7 heteroatoms. The monoisotopic (exact) mass is 530 g/mol. The molecule has 0 bridgehead atoms. The fourth-order valence-electron chi connectivity index (χ4n) is 4.02. The molecule has 0 saturated heterocycles. The van der Waals surface area contributed by atoms with Gasteiger partial charge >= 0.3 is 18.2 Å². The average Bonchev–Trinajstić information content (AvgIpc) is 2.98. The molecule has 5 aromatic rings. The van der Waals surface area contributed by atoms with E-state index in [4.69, 9.17) is 14.2 Å². The Morgan fingerprint density at radius 1 is 0.750 bits per heavy atom. The summed E-state index contributed by atoms with van der Waals surface area (Å²) in [5.41, 5.74) is 4.41. The first-order valence-electron chi connectivity index (χ1n) is 12.6. The van der Waals surface area contributed by atoms with E-state index in [-0.39, 0.29) is 0 Å². The third-order valence-corrected chi connectivity index (χ3v) is 5.94. The second-order valence-corrected chi connectivity index (χ2v) is 8.89. The number of hydrogen-bond donors (Lipinski definition) is 1. The van der Waals surface area contributed by atoms with Crippen molar-refractivity contribution in [2.45, 2.75) is 13.2 Å². The zero-order valence-corrected chi connectivity index (χ0v) is 21.7. The van der Waals surface area contributed by atoms with Gasteiger partial charge in [-0.25, -0.2) is 10.2 Å². The lowest BCUT2D eigenvalue weighted by Crippen LogP contribution is -2.40. The van der Waals surface area contributed by atoms with Crippen molar-refractivity contribution in [2.75, 3.05) is 0 Å². The van der Waals surface area contributed by atoms with E-state index < -0.39 is 18.2 Å². The molecule has 0 unspecified atom stereocenters. The molecule has 0 heterocycles. The third kappa shape index (κ3) is 6.52. The van der Waals surface area contributed by atoms with Gasteiger partial charge in [0.1, 0.15) is 17.2 Å². The number of hydrazone groups is 1. The van der Waals surface area contributed by atoms with Crippen molar-refractivity contribution >= 4 is 28.9 Å². The summed E-state index contributed by atoms with van der Waals surface area (Å²) in [6.07, 6.45) is 0.134. The molecule has 0 saturated carbocycles. The molecule has 40 heavy (non-hydrogen) atoms. The highest BCUT2D eigenvalue weighted by atomic mass is 16.7. The van der Waals surface area contributed by atoms with Gasteiger partial charge in [0.25, 0.3) is 0 Å². The first kappa shape index (κ1) is 26.2. The number of aryl methyl sites for hydroxylation is 1. The summed E-state index contributed by atoms with van der Waals surface area (Å²) in [6, 6.07) is 36.1. The van der Waals surface area contributed by atoms with Gasteiger partial charge in [0.2, 0.25) is 0 Å². The van der Waals surface area contributed by atoms with Crippen LogP contribution >= 0.6 is 0 Å². The number of nitrogens with one attached hydrogen (secondary N) is 1. The molecule has 0 aromatic heterocycles. The number of carbonyl (C=O) groups excluding carboxylic acids is 2. The van der Waals surface area contributed by atoms with Crippen LogP contribution in [0.2, 0.25) is 0 Å². The maximum Gasteiger partial charge on any atom is 0.343 e. The van der Waals surface area contributed by atoms with Gasteiger partial charge < -0.3 is 14.2 Å². The topological polar surface area (TPSA) is 86.2 Å². The summed E-state index contributed by atoms with van der Waals surface area (Å²) >= 11 is 0. The fraction of sp³-hybridized carbons (Fsp3) is 0.0606. The van der Waals surface area contributed by atoms with Crippen LogP contribution in [0, 0.1) is 6.92 Å². The van der Waals surface area contributed by atoms with E-state index in [1.165, 1.54) is 6.21 Å². The number of amides is 1. The van der Waals surface area contributed by atoms with E-state index in [1.807, 2.05) is 55.5 Å². The average molecular weight is 531 g/mol. The van der Waals surface area contributed by atoms with Crippen molar-refractivity contribution in [3.63, 3.8) is 0 Å². The Morgan fingerprint density at radius 2 is 1.40 bits per heavy atom. The molecule has 1 amide bonds. The van der Waals surface area contributed by atoms with Crippen LogP contribution < -0.4 is 19.6 Å². The highest BCUT2D eigenvalue weighted by molar-refractivity contribution is 6.04. The Labute approximate surface area is 231 Å². The van der Waals surface area contributed by atoms with Gasteiger partial charge in [-0.05, 0) is 60.2 Å². The maximum absolute atomic E-state index is 13.1. The number of hydrogen-bond acceptors (Lipinski definition) is 6. The lowest BCUT2D eigenvalue weighted by Gasteiger charge is -2.18. The van der Waals surface area contributed by atoms with E-state index in [2.05, 4.69) is 10.5 Å². The lowest BCUT2D eigenvalue weighted by molar-refractivity contribution is -0.140. The van der Waals surface area contributed by atoms with E-state index >= 15 is 0 Å². The second-order valence-electron chi connectivity index (χ2n) is 8.89. The summed E-state index contributed by atoms with van der Waals surface area (Å²) in [4.78, 5) is 26.0. The Balaban J connectivity index is 1.39. The lowest BCUT2D eigenvalue weighted by atomic mass is 10.0.